The number of carbonyl (C=O) groups excluding carboxylic acids is 2. The van der Waals surface area contributed by atoms with Gasteiger partial charge in [-0.25, -0.2) is 4.79 Å². The lowest BCUT2D eigenvalue weighted by atomic mass is 10.1. The average Bonchev–Trinajstić information content (AvgIpc) is 2.99. The van der Waals surface area contributed by atoms with Gasteiger partial charge in [0, 0.05) is 36.2 Å². The molecular weight excluding hydrogens is 292 g/mol. The summed E-state index contributed by atoms with van der Waals surface area (Å²) in [7, 11) is 1.80. The van der Waals surface area contributed by atoms with Crippen LogP contribution in [0.2, 0.25) is 0 Å². The zero-order valence-electron chi connectivity index (χ0n) is 14.5. The molecule has 0 saturated heterocycles. The van der Waals surface area contributed by atoms with Crippen LogP contribution < -0.4 is 0 Å². The summed E-state index contributed by atoms with van der Waals surface area (Å²) in [5.41, 5.74) is 4.03. The molecule has 5 heteroatoms. The molecular formula is C18H24N2O3. The van der Waals surface area contributed by atoms with E-state index in [1.54, 1.807) is 17.7 Å². The van der Waals surface area contributed by atoms with Crippen molar-refractivity contribution in [1.82, 2.24) is 9.13 Å². The van der Waals surface area contributed by atoms with Crippen LogP contribution in [0.5, 0.6) is 0 Å². The molecule has 0 radical (unpaired) electrons. The highest BCUT2D eigenvalue weighted by molar-refractivity contribution is 6.00. The van der Waals surface area contributed by atoms with Crippen molar-refractivity contribution in [2.75, 3.05) is 6.61 Å². The summed E-state index contributed by atoms with van der Waals surface area (Å²) in [6.07, 6.45) is 1.01. The molecule has 2 aromatic rings. The fourth-order valence-corrected chi connectivity index (χ4v) is 2.75. The number of esters is 1. The van der Waals surface area contributed by atoms with Crippen LogP contribution in [0, 0.1) is 20.8 Å². The Balaban J connectivity index is 2.07. The highest BCUT2D eigenvalue weighted by Gasteiger charge is 2.18. The molecule has 2 rings (SSSR count). The molecule has 0 aliphatic rings. The number of nitrogens with zero attached hydrogens (tertiary/aromatic N) is 2. The van der Waals surface area contributed by atoms with Crippen LogP contribution in [0.3, 0.4) is 0 Å². The van der Waals surface area contributed by atoms with Crippen molar-refractivity contribution >= 4 is 11.8 Å². The van der Waals surface area contributed by atoms with Gasteiger partial charge in [0.1, 0.15) is 5.69 Å². The molecule has 0 fully saturated rings. The van der Waals surface area contributed by atoms with Gasteiger partial charge in [0.25, 0.3) is 0 Å². The van der Waals surface area contributed by atoms with Crippen LogP contribution in [-0.4, -0.2) is 27.5 Å². The van der Waals surface area contributed by atoms with E-state index < -0.39 is 5.97 Å². The Morgan fingerprint density at radius 3 is 2.39 bits per heavy atom. The molecule has 124 valence electrons. The Labute approximate surface area is 136 Å². The summed E-state index contributed by atoms with van der Waals surface area (Å²) in [6, 6.07) is 5.42. The van der Waals surface area contributed by atoms with E-state index in [-0.39, 0.29) is 12.4 Å². The van der Waals surface area contributed by atoms with Gasteiger partial charge in [-0.2, -0.15) is 0 Å². The van der Waals surface area contributed by atoms with Gasteiger partial charge in [-0.3, -0.25) is 4.79 Å². The highest BCUT2D eigenvalue weighted by Crippen LogP contribution is 2.17. The zero-order valence-corrected chi connectivity index (χ0v) is 14.5. The van der Waals surface area contributed by atoms with Crippen LogP contribution >= 0.6 is 0 Å². The molecule has 0 bridgehead atoms. The van der Waals surface area contributed by atoms with Gasteiger partial charge in [-0.1, -0.05) is 6.92 Å². The lowest BCUT2D eigenvalue weighted by molar-refractivity contribution is 0.0465. The van der Waals surface area contributed by atoms with Crippen LogP contribution in [0.15, 0.2) is 18.2 Å². The van der Waals surface area contributed by atoms with Gasteiger partial charge in [0.15, 0.2) is 6.61 Å². The Morgan fingerprint density at radius 2 is 1.83 bits per heavy atom. The average molecular weight is 316 g/mol. The monoisotopic (exact) mass is 316 g/mol. The Bertz CT molecular complexity index is 738. The van der Waals surface area contributed by atoms with Gasteiger partial charge in [0.2, 0.25) is 5.78 Å². The van der Waals surface area contributed by atoms with Gasteiger partial charge < -0.3 is 13.9 Å². The van der Waals surface area contributed by atoms with Crippen molar-refractivity contribution in [3.63, 3.8) is 0 Å². The Morgan fingerprint density at radius 1 is 1.13 bits per heavy atom. The second-order valence-corrected chi connectivity index (χ2v) is 5.85. The maximum absolute atomic E-state index is 12.4. The van der Waals surface area contributed by atoms with E-state index in [1.165, 1.54) is 0 Å². The minimum atomic E-state index is -0.476. The van der Waals surface area contributed by atoms with Gasteiger partial charge in [0.05, 0.1) is 0 Å². The number of aryl methyl sites for hydroxylation is 2. The van der Waals surface area contributed by atoms with E-state index in [2.05, 4.69) is 11.5 Å². The second-order valence-electron chi connectivity index (χ2n) is 5.85. The third kappa shape index (κ3) is 3.38. The standard InChI is InChI=1S/C18H24N2O3/c1-6-9-20-13(3)10-15(14(20)4)17(21)11-23-18(22)16-8-7-12(2)19(16)5/h7-8,10H,6,9,11H2,1-5H3. The molecule has 23 heavy (non-hydrogen) atoms. The van der Waals surface area contributed by atoms with Crippen LogP contribution in [-0.2, 0) is 18.3 Å². The molecule has 0 amide bonds. The summed E-state index contributed by atoms with van der Waals surface area (Å²) in [6.45, 7) is 8.57. The first kappa shape index (κ1) is 17.1. The molecule has 0 unspecified atom stereocenters. The predicted octanol–water partition coefficient (Wildman–Crippen LogP) is 3.20. The number of ketones is 1. The fraction of sp³-hybridized carbons (Fsp3) is 0.444. The van der Waals surface area contributed by atoms with E-state index in [0.29, 0.717) is 11.3 Å². The lowest BCUT2D eigenvalue weighted by Gasteiger charge is -2.08. The first-order valence-electron chi connectivity index (χ1n) is 7.86. The summed E-state index contributed by atoms with van der Waals surface area (Å²) < 4.78 is 9.05. The first-order valence-corrected chi connectivity index (χ1v) is 7.86. The number of aromatic nitrogens is 2. The van der Waals surface area contributed by atoms with Crippen molar-refractivity contribution < 1.29 is 14.3 Å². The molecule has 0 aliphatic heterocycles. The first-order chi connectivity index (χ1) is 10.9. The van der Waals surface area contributed by atoms with E-state index in [1.807, 2.05) is 32.9 Å². The van der Waals surface area contributed by atoms with Crippen molar-refractivity contribution in [1.29, 1.82) is 0 Å². The number of rotatable bonds is 6. The van der Waals surface area contributed by atoms with Crippen molar-refractivity contribution in [3.05, 3.63) is 46.5 Å². The lowest BCUT2D eigenvalue weighted by Crippen LogP contribution is -2.17. The summed E-state index contributed by atoms with van der Waals surface area (Å²) in [5.74, 6) is -0.643. The SMILES string of the molecule is CCCn1c(C)cc(C(=O)COC(=O)c2ccc(C)n2C)c1C. The van der Waals surface area contributed by atoms with E-state index in [0.717, 1.165) is 30.0 Å². The molecule has 0 spiro atoms. The van der Waals surface area contributed by atoms with Gasteiger partial charge >= 0.3 is 5.97 Å². The molecule has 5 nitrogen and oxygen atoms in total. The Kier molecular flexibility index (Phi) is 5.08. The van der Waals surface area contributed by atoms with Crippen molar-refractivity contribution in [3.8, 4) is 0 Å². The minimum Gasteiger partial charge on any atom is -0.453 e. The maximum Gasteiger partial charge on any atom is 0.355 e. The largest absolute Gasteiger partial charge is 0.453 e. The van der Waals surface area contributed by atoms with Crippen molar-refractivity contribution in [2.24, 2.45) is 7.05 Å². The number of hydrogen-bond donors (Lipinski definition) is 0. The molecule has 0 aromatic carbocycles. The molecule has 2 heterocycles. The van der Waals surface area contributed by atoms with Crippen LogP contribution in [0.25, 0.3) is 0 Å². The van der Waals surface area contributed by atoms with Crippen LogP contribution in [0.4, 0.5) is 0 Å². The number of carbonyl (C=O) groups is 2. The molecule has 2 aromatic heterocycles. The van der Waals surface area contributed by atoms with Crippen LogP contribution in [0.1, 0.15) is 51.3 Å². The fourth-order valence-electron chi connectivity index (χ4n) is 2.75. The third-order valence-electron chi connectivity index (χ3n) is 4.24. The normalized spacial score (nSPS) is 10.8. The maximum atomic E-state index is 12.4. The molecule has 0 aliphatic carbocycles. The third-order valence-corrected chi connectivity index (χ3v) is 4.24. The topological polar surface area (TPSA) is 53.2 Å². The summed E-state index contributed by atoms with van der Waals surface area (Å²) in [5, 5.41) is 0. The minimum absolute atomic E-state index is 0.167. The predicted molar refractivity (Wildman–Crippen MR) is 89.0 cm³/mol. The number of hydrogen-bond acceptors (Lipinski definition) is 3. The summed E-state index contributed by atoms with van der Waals surface area (Å²) >= 11 is 0. The number of ether oxygens (including phenoxy) is 1. The number of Topliss-reactive ketones (excluding diaryl/α,β-unsaturated/α-hetero) is 1. The molecule has 0 atom stereocenters. The molecule has 0 saturated carbocycles. The van der Waals surface area contributed by atoms with Gasteiger partial charge in [-0.15, -0.1) is 0 Å². The quantitative estimate of drug-likeness (QED) is 0.607. The zero-order chi connectivity index (χ0) is 17.1. The van der Waals surface area contributed by atoms with Gasteiger partial charge in [-0.05, 0) is 45.4 Å². The molecule has 0 N–H and O–H groups in total. The smallest absolute Gasteiger partial charge is 0.355 e. The second kappa shape index (κ2) is 6.86. The van der Waals surface area contributed by atoms with E-state index >= 15 is 0 Å². The van der Waals surface area contributed by atoms with E-state index in [4.69, 9.17) is 4.74 Å². The van der Waals surface area contributed by atoms with Crippen molar-refractivity contribution in [2.45, 2.75) is 40.7 Å². The summed E-state index contributed by atoms with van der Waals surface area (Å²) in [4.78, 5) is 24.4. The Hall–Kier alpha value is -2.30. The highest BCUT2D eigenvalue weighted by atomic mass is 16.5. The van der Waals surface area contributed by atoms with E-state index in [9.17, 15) is 9.59 Å².